The standard InChI is InChI=1S/C10H13BrO2/c1-7-8(10(12-2)13-3)5-4-6-9(7)11/h4-6,10H,1-3H3. The summed E-state index contributed by atoms with van der Waals surface area (Å²) in [6.07, 6.45) is -0.280. The second kappa shape index (κ2) is 4.74. The monoisotopic (exact) mass is 244 g/mol. The normalized spacial score (nSPS) is 10.8. The summed E-state index contributed by atoms with van der Waals surface area (Å²) in [5, 5.41) is 0. The van der Waals surface area contributed by atoms with E-state index in [1.807, 2.05) is 25.1 Å². The summed E-state index contributed by atoms with van der Waals surface area (Å²) in [5.41, 5.74) is 2.20. The Hall–Kier alpha value is -0.380. The second-order valence-corrected chi connectivity index (χ2v) is 3.61. The molecule has 1 rings (SSSR count). The van der Waals surface area contributed by atoms with Crippen LogP contribution in [0.1, 0.15) is 17.4 Å². The zero-order chi connectivity index (χ0) is 9.84. The molecule has 0 aromatic heterocycles. The molecule has 0 aliphatic heterocycles. The van der Waals surface area contributed by atoms with E-state index < -0.39 is 0 Å². The maximum atomic E-state index is 5.18. The number of hydrogen-bond donors (Lipinski definition) is 0. The molecule has 0 saturated carbocycles. The van der Waals surface area contributed by atoms with Gasteiger partial charge in [0.2, 0.25) is 0 Å². The molecular formula is C10H13BrO2. The summed E-state index contributed by atoms with van der Waals surface area (Å²) in [7, 11) is 3.27. The van der Waals surface area contributed by atoms with Crippen LogP contribution in [0.15, 0.2) is 22.7 Å². The van der Waals surface area contributed by atoms with Gasteiger partial charge in [-0.05, 0) is 18.6 Å². The maximum absolute atomic E-state index is 5.18. The van der Waals surface area contributed by atoms with E-state index in [-0.39, 0.29) is 6.29 Å². The third-order valence-corrected chi connectivity index (χ3v) is 2.85. The number of ether oxygens (including phenoxy) is 2. The fourth-order valence-corrected chi connectivity index (χ4v) is 1.61. The van der Waals surface area contributed by atoms with E-state index >= 15 is 0 Å². The molecule has 0 unspecified atom stereocenters. The molecule has 72 valence electrons. The highest BCUT2D eigenvalue weighted by Crippen LogP contribution is 2.26. The van der Waals surface area contributed by atoms with Gasteiger partial charge in [0.05, 0.1) is 0 Å². The summed E-state index contributed by atoms with van der Waals surface area (Å²) < 4.78 is 11.4. The first-order valence-electron chi connectivity index (χ1n) is 4.01. The van der Waals surface area contributed by atoms with Gasteiger partial charge in [-0.25, -0.2) is 0 Å². The van der Waals surface area contributed by atoms with Crippen LogP contribution >= 0.6 is 15.9 Å². The van der Waals surface area contributed by atoms with Crippen LogP contribution in [-0.2, 0) is 9.47 Å². The zero-order valence-corrected chi connectivity index (χ0v) is 9.59. The Kier molecular flexibility index (Phi) is 3.90. The van der Waals surface area contributed by atoms with Crippen molar-refractivity contribution >= 4 is 15.9 Å². The SMILES string of the molecule is COC(OC)c1cccc(Br)c1C. The van der Waals surface area contributed by atoms with E-state index in [4.69, 9.17) is 9.47 Å². The van der Waals surface area contributed by atoms with Crippen molar-refractivity contribution in [3.8, 4) is 0 Å². The van der Waals surface area contributed by atoms with Crippen molar-refractivity contribution < 1.29 is 9.47 Å². The van der Waals surface area contributed by atoms with Crippen molar-refractivity contribution in [2.24, 2.45) is 0 Å². The van der Waals surface area contributed by atoms with Crippen molar-refractivity contribution in [3.05, 3.63) is 33.8 Å². The largest absolute Gasteiger partial charge is 0.352 e. The van der Waals surface area contributed by atoms with Gasteiger partial charge in [0.15, 0.2) is 6.29 Å². The Labute approximate surface area is 87.0 Å². The average molecular weight is 245 g/mol. The third-order valence-electron chi connectivity index (χ3n) is 1.99. The highest BCUT2D eigenvalue weighted by molar-refractivity contribution is 9.10. The fraction of sp³-hybridized carbons (Fsp3) is 0.400. The average Bonchev–Trinajstić information content (AvgIpc) is 2.14. The van der Waals surface area contributed by atoms with Gasteiger partial charge in [0.1, 0.15) is 0 Å². The highest BCUT2D eigenvalue weighted by atomic mass is 79.9. The zero-order valence-electron chi connectivity index (χ0n) is 8.00. The van der Waals surface area contributed by atoms with Gasteiger partial charge >= 0.3 is 0 Å². The van der Waals surface area contributed by atoms with Crippen LogP contribution in [0.2, 0.25) is 0 Å². The Balaban J connectivity index is 3.05. The molecule has 0 bridgehead atoms. The van der Waals surface area contributed by atoms with Gasteiger partial charge in [-0.15, -0.1) is 0 Å². The third kappa shape index (κ3) is 2.30. The van der Waals surface area contributed by atoms with E-state index in [0.29, 0.717) is 0 Å². The summed E-state index contributed by atoms with van der Waals surface area (Å²) in [6.45, 7) is 2.03. The van der Waals surface area contributed by atoms with Crippen LogP contribution in [0.3, 0.4) is 0 Å². The molecular weight excluding hydrogens is 232 g/mol. The molecule has 2 nitrogen and oxygen atoms in total. The van der Waals surface area contributed by atoms with E-state index in [9.17, 15) is 0 Å². The van der Waals surface area contributed by atoms with Crippen LogP contribution in [0.5, 0.6) is 0 Å². The molecule has 0 atom stereocenters. The number of hydrogen-bond acceptors (Lipinski definition) is 2. The highest BCUT2D eigenvalue weighted by Gasteiger charge is 2.12. The van der Waals surface area contributed by atoms with Gasteiger partial charge in [0.25, 0.3) is 0 Å². The van der Waals surface area contributed by atoms with Crippen LogP contribution < -0.4 is 0 Å². The summed E-state index contributed by atoms with van der Waals surface area (Å²) >= 11 is 3.46. The lowest BCUT2D eigenvalue weighted by Crippen LogP contribution is -2.05. The number of rotatable bonds is 3. The van der Waals surface area contributed by atoms with Gasteiger partial charge < -0.3 is 9.47 Å². The van der Waals surface area contributed by atoms with Gasteiger partial charge in [-0.1, -0.05) is 28.1 Å². The molecule has 0 heterocycles. The van der Waals surface area contributed by atoms with E-state index in [1.54, 1.807) is 14.2 Å². The Morgan fingerprint density at radius 3 is 2.38 bits per heavy atom. The summed E-state index contributed by atoms with van der Waals surface area (Å²) in [5.74, 6) is 0. The lowest BCUT2D eigenvalue weighted by molar-refractivity contribution is -0.106. The van der Waals surface area contributed by atoms with Gasteiger partial charge in [-0.3, -0.25) is 0 Å². The predicted molar refractivity (Wildman–Crippen MR) is 55.6 cm³/mol. The van der Waals surface area contributed by atoms with Gasteiger partial charge in [0, 0.05) is 24.3 Å². The van der Waals surface area contributed by atoms with Gasteiger partial charge in [-0.2, -0.15) is 0 Å². The van der Waals surface area contributed by atoms with E-state index in [1.165, 1.54) is 0 Å². The van der Waals surface area contributed by atoms with Crippen LogP contribution in [0.25, 0.3) is 0 Å². The van der Waals surface area contributed by atoms with E-state index in [0.717, 1.165) is 15.6 Å². The predicted octanol–water partition coefficient (Wildman–Crippen LogP) is 3.05. The minimum absolute atomic E-state index is 0.280. The topological polar surface area (TPSA) is 18.5 Å². The number of halogens is 1. The first-order chi connectivity index (χ1) is 6.20. The summed E-state index contributed by atoms with van der Waals surface area (Å²) in [4.78, 5) is 0. The fourth-order valence-electron chi connectivity index (χ4n) is 1.23. The first kappa shape index (κ1) is 10.7. The molecule has 0 spiro atoms. The van der Waals surface area contributed by atoms with Crippen molar-refractivity contribution in [1.82, 2.24) is 0 Å². The maximum Gasteiger partial charge on any atom is 0.183 e. The second-order valence-electron chi connectivity index (χ2n) is 2.76. The van der Waals surface area contributed by atoms with Crippen LogP contribution in [-0.4, -0.2) is 14.2 Å². The molecule has 3 heteroatoms. The minimum Gasteiger partial charge on any atom is -0.352 e. The minimum atomic E-state index is -0.280. The van der Waals surface area contributed by atoms with Crippen LogP contribution in [0, 0.1) is 6.92 Å². The smallest absolute Gasteiger partial charge is 0.183 e. The molecule has 0 aliphatic rings. The molecule has 0 saturated heterocycles. The van der Waals surface area contributed by atoms with Crippen molar-refractivity contribution in [2.45, 2.75) is 13.2 Å². The Morgan fingerprint density at radius 1 is 1.23 bits per heavy atom. The summed E-state index contributed by atoms with van der Waals surface area (Å²) in [6, 6.07) is 5.97. The lowest BCUT2D eigenvalue weighted by Gasteiger charge is -2.16. The Bertz CT molecular complexity index is 282. The van der Waals surface area contributed by atoms with Crippen molar-refractivity contribution in [1.29, 1.82) is 0 Å². The van der Waals surface area contributed by atoms with Crippen molar-refractivity contribution in [2.75, 3.05) is 14.2 Å². The molecule has 0 radical (unpaired) electrons. The quantitative estimate of drug-likeness (QED) is 0.762. The molecule has 1 aromatic carbocycles. The molecule has 0 amide bonds. The first-order valence-corrected chi connectivity index (χ1v) is 4.80. The molecule has 0 aliphatic carbocycles. The lowest BCUT2D eigenvalue weighted by atomic mass is 10.1. The Morgan fingerprint density at radius 2 is 1.85 bits per heavy atom. The van der Waals surface area contributed by atoms with Crippen LogP contribution in [0.4, 0.5) is 0 Å². The molecule has 1 aromatic rings. The molecule has 0 N–H and O–H groups in total. The molecule has 13 heavy (non-hydrogen) atoms. The number of methoxy groups -OCH3 is 2. The van der Waals surface area contributed by atoms with E-state index in [2.05, 4.69) is 15.9 Å². The number of benzene rings is 1. The molecule has 0 fully saturated rings. The van der Waals surface area contributed by atoms with Crippen molar-refractivity contribution in [3.63, 3.8) is 0 Å².